The lowest BCUT2D eigenvalue weighted by atomic mass is 9.97. The van der Waals surface area contributed by atoms with Crippen LogP contribution in [0.5, 0.6) is 0 Å². The highest BCUT2D eigenvalue weighted by atomic mass is 31.2. The van der Waals surface area contributed by atoms with Gasteiger partial charge in [0.25, 0.3) is 7.82 Å². The van der Waals surface area contributed by atoms with Gasteiger partial charge in [-0.05, 0) is 19.3 Å². The lowest BCUT2D eigenvalue weighted by molar-refractivity contribution is -0.270. The molecule has 16 atom stereocenters. The van der Waals surface area contributed by atoms with Crippen molar-refractivity contribution in [3.8, 4) is 0 Å². The maximum atomic E-state index is 13.7. The molecule has 0 aromatic rings. The number of carbonyl (C=O) groups is 8. The molecule has 0 spiro atoms. The maximum absolute atomic E-state index is 13.7. The van der Waals surface area contributed by atoms with Crippen LogP contribution in [0.3, 0.4) is 0 Å². The first-order valence-electron chi connectivity index (χ1n) is 29.4. The zero-order chi connectivity index (χ0) is 67.7. The minimum Gasteiger partial charge on any atom is -0.756 e. The third-order valence-electron chi connectivity index (χ3n) is 13.8. The van der Waals surface area contributed by atoms with Gasteiger partial charge in [-0.1, -0.05) is 0 Å². The van der Waals surface area contributed by atoms with Crippen molar-refractivity contribution in [3.63, 3.8) is 0 Å². The first-order chi connectivity index (χ1) is 43.2. The Bertz CT molecular complexity index is 2090. The summed E-state index contributed by atoms with van der Waals surface area (Å²) in [5.41, 5.74) is -1.68. The highest BCUT2D eigenvalue weighted by Gasteiger charge is 2.48. The number of carbonyl (C=O) groups excluding carboxylic acids is 8. The second kappa shape index (κ2) is 42.5. The van der Waals surface area contributed by atoms with Crippen molar-refractivity contribution >= 4 is 55.1 Å². The number of hydrogen-bond acceptors (Lipinski definition) is 30. The van der Waals surface area contributed by atoms with Gasteiger partial charge >= 0.3 is 0 Å². The van der Waals surface area contributed by atoms with Crippen LogP contribution in [0, 0.1) is 0 Å². The van der Waals surface area contributed by atoms with Crippen molar-refractivity contribution in [1.29, 1.82) is 0 Å². The molecule has 3 saturated heterocycles. The van der Waals surface area contributed by atoms with E-state index in [9.17, 15) is 93.8 Å². The van der Waals surface area contributed by atoms with E-state index in [4.69, 9.17) is 42.6 Å². The van der Waals surface area contributed by atoms with Crippen molar-refractivity contribution in [1.82, 2.24) is 42.5 Å². The summed E-state index contributed by atoms with van der Waals surface area (Å²) in [6, 6.07) is -3.55. The third kappa shape index (κ3) is 29.5. The van der Waals surface area contributed by atoms with Crippen LogP contribution < -0.4 is 47.4 Å². The minimum atomic E-state index is -4.71. The number of aliphatic hydroxyl groups excluding tert-OH is 9. The average Bonchev–Trinajstić information content (AvgIpc) is 1.13. The minimum absolute atomic E-state index is 0.0500. The van der Waals surface area contributed by atoms with Crippen LogP contribution in [0.25, 0.3) is 0 Å². The van der Waals surface area contributed by atoms with Gasteiger partial charge in [-0.15, -0.1) is 0 Å². The molecule has 0 bridgehead atoms. The zero-order valence-corrected chi connectivity index (χ0v) is 52.1. The fourth-order valence-electron chi connectivity index (χ4n) is 9.05. The molecule has 8 amide bonds. The molecule has 38 nitrogen and oxygen atoms in total. The number of hydrogen-bond donors (Lipinski definition) is 17. The number of aliphatic hydroxyl groups is 9. The highest BCUT2D eigenvalue weighted by molar-refractivity contribution is 7.45. The van der Waals surface area contributed by atoms with Gasteiger partial charge in [0.1, 0.15) is 85.3 Å². The van der Waals surface area contributed by atoms with Gasteiger partial charge in [-0.25, -0.2) is 0 Å². The summed E-state index contributed by atoms with van der Waals surface area (Å²) in [5.74, 6) is -4.79. The topological polar surface area (TPSA) is 557 Å². The van der Waals surface area contributed by atoms with Crippen LogP contribution in [0.1, 0.15) is 72.1 Å². The SMILES string of the molecule is COP(=O)([O-])OCNC(=O)CCC(=O)NC(COCCC(=O)NCCCO[C@@H]1OC(CO)[C@H](O)[C@H](O)C1NC(C)=O)(COCCC(=O)NCCCO[C@@H]1OC(CO)[C@H](O)[C@H](O)C1NC(C)=O)COCCC(=O)NCCCO[C@@H]1OC(CO)[C@H](O)[C@H](O)C1NC(C)=O. The van der Waals surface area contributed by atoms with Gasteiger partial charge in [0, 0.05) is 79.6 Å². The summed E-state index contributed by atoms with van der Waals surface area (Å²) in [4.78, 5) is 112. The molecule has 0 aromatic carbocycles. The Morgan fingerprint density at radius 1 is 0.462 bits per heavy atom. The number of phosphoric ester groups is 1. The van der Waals surface area contributed by atoms with Gasteiger partial charge in [-0.3, -0.25) is 47.4 Å². The van der Waals surface area contributed by atoms with Crippen molar-refractivity contribution in [2.75, 3.05) is 113 Å². The summed E-state index contributed by atoms with van der Waals surface area (Å²) in [6.45, 7) is -1.50. The van der Waals surface area contributed by atoms with Crippen LogP contribution >= 0.6 is 7.82 Å². The fourth-order valence-corrected chi connectivity index (χ4v) is 9.38. The summed E-state index contributed by atoms with van der Waals surface area (Å²) < 4.78 is 71.6. The largest absolute Gasteiger partial charge is 0.756 e. The van der Waals surface area contributed by atoms with Gasteiger partial charge in [-0.2, -0.15) is 0 Å². The molecule has 0 aliphatic carbocycles. The molecule has 0 aromatic heterocycles. The molecule has 526 valence electrons. The maximum Gasteiger partial charge on any atom is 0.269 e. The number of nitrogens with one attached hydrogen (secondary N) is 8. The van der Waals surface area contributed by atoms with E-state index < -0.39 is 212 Å². The molecule has 39 heteroatoms. The van der Waals surface area contributed by atoms with E-state index in [0.29, 0.717) is 0 Å². The van der Waals surface area contributed by atoms with E-state index in [0.717, 1.165) is 7.11 Å². The molecule has 91 heavy (non-hydrogen) atoms. The number of amides is 8. The third-order valence-corrected chi connectivity index (χ3v) is 14.7. The van der Waals surface area contributed by atoms with E-state index in [1.54, 1.807) is 0 Å². The van der Waals surface area contributed by atoms with E-state index >= 15 is 0 Å². The molecule has 0 saturated carbocycles. The molecule has 0 radical (unpaired) electrons. The quantitative estimate of drug-likeness (QED) is 0.0153. The Kier molecular flexibility index (Phi) is 37.5. The first-order valence-corrected chi connectivity index (χ1v) is 30.8. The molecule has 7 unspecified atom stereocenters. The van der Waals surface area contributed by atoms with Crippen LogP contribution in [-0.2, 0) is 94.6 Å². The van der Waals surface area contributed by atoms with Crippen molar-refractivity contribution < 1.29 is 145 Å². The van der Waals surface area contributed by atoms with Crippen LogP contribution in [0.4, 0.5) is 0 Å². The van der Waals surface area contributed by atoms with Crippen molar-refractivity contribution in [2.24, 2.45) is 0 Å². The summed E-state index contributed by atoms with van der Waals surface area (Å²) in [5, 5.41) is 111. The Hall–Kier alpha value is -4.85. The van der Waals surface area contributed by atoms with Crippen molar-refractivity contribution in [3.05, 3.63) is 0 Å². The predicted molar refractivity (Wildman–Crippen MR) is 302 cm³/mol. The number of ether oxygens (including phenoxy) is 9. The summed E-state index contributed by atoms with van der Waals surface area (Å²) in [7, 11) is -3.87. The van der Waals surface area contributed by atoms with Gasteiger partial charge in [0.05, 0.1) is 79.3 Å². The van der Waals surface area contributed by atoms with Gasteiger partial charge in [0.2, 0.25) is 47.3 Å². The number of rotatable bonds is 44. The molecule has 3 fully saturated rings. The van der Waals surface area contributed by atoms with Gasteiger partial charge < -0.3 is 141 Å². The van der Waals surface area contributed by atoms with Crippen LogP contribution in [0.15, 0.2) is 0 Å². The lowest BCUT2D eigenvalue weighted by Gasteiger charge is -2.42. The summed E-state index contributed by atoms with van der Waals surface area (Å²) >= 11 is 0. The molecule has 3 rings (SSSR count). The Labute approximate surface area is 524 Å². The summed E-state index contributed by atoms with van der Waals surface area (Å²) in [6.07, 6.45) is -17.8. The van der Waals surface area contributed by atoms with E-state index in [1.807, 2.05) is 0 Å². The smallest absolute Gasteiger partial charge is 0.269 e. The van der Waals surface area contributed by atoms with Crippen molar-refractivity contribution in [2.45, 2.75) is 170 Å². The second-order valence-electron chi connectivity index (χ2n) is 21.3. The molecular formula is C52H92N8O30P-. The van der Waals surface area contributed by atoms with E-state index in [1.165, 1.54) is 20.8 Å². The average molecular weight is 1340 g/mol. The molecule has 17 N–H and O–H groups in total. The zero-order valence-electron chi connectivity index (χ0n) is 51.2. The molecular weight excluding hydrogens is 1250 g/mol. The number of phosphoric acid groups is 1. The lowest BCUT2D eigenvalue weighted by Crippen LogP contribution is -2.64. The standard InChI is InChI=1S/C52H93N8O30P/c1-29(64)57-40-46(75)43(72)32(22-61)88-49(40)84-16-5-13-53-36(68)10-19-81-25-52(60-39(71)9-8-35(67)56-28-87-91(78,79)80-4,26-82-20-11-37(69)54-14-6-17-85-50-41(58-30(2)65)47(76)44(73)33(23-62)89-50)27-83-21-12-38(70)55-15-7-18-86-51-42(59-31(3)66)48(77)45(74)34(24-63)90-51/h32-34,40-51,61-63,72-77H,5-28H2,1-4H3,(H,53,68)(H,54,69)(H,55,70)(H,56,67)(H,57,64)(H,58,65)(H,59,66)(H,60,71)(H,78,79)/p-1/t32?,33?,34?,40?,41?,42?,43-,44-,45-,46+,47+,48+,49+,50+,51+,52?/m0/s1. The highest BCUT2D eigenvalue weighted by Crippen LogP contribution is 2.36. The molecule has 3 heterocycles. The predicted octanol–water partition coefficient (Wildman–Crippen LogP) is -9.55. The monoisotopic (exact) mass is 1340 g/mol. The molecule has 3 aliphatic heterocycles. The fraction of sp³-hybridized carbons (Fsp3) is 0.846. The van der Waals surface area contributed by atoms with E-state index in [2.05, 4.69) is 51.6 Å². The Morgan fingerprint density at radius 2 is 0.769 bits per heavy atom. The van der Waals surface area contributed by atoms with Gasteiger partial charge in [0.15, 0.2) is 18.9 Å². The Balaban J connectivity index is 1.68. The van der Waals surface area contributed by atoms with Crippen LogP contribution in [-0.4, -0.2) is 303 Å². The van der Waals surface area contributed by atoms with Crippen LogP contribution in [0.2, 0.25) is 0 Å². The Morgan fingerprint density at radius 3 is 1.07 bits per heavy atom. The molecule has 3 aliphatic rings. The second-order valence-corrected chi connectivity index (χ2v) is 22.8. The first kappa shape index (κ1) is 80.4. The normalized spacial score (nSPS) is 27.9. The van der Waals surface area contributed by atoms with E-state index in [-0.39, 0.29) is 97.8 Å².